The molecular weight excluding hydrogens is 324 g/mol. The van der Waals surface area contributed by atoms with E-state index in [4.69, 9.17) is 15.7 Å². The van der Waals surface area contributed by atoms with Crippen LogP contribution in [0.25, 0.3) is 10.8 Å². The van der Waals surface area contributed by atoms with Gasteiger partial charge in [-0.2, -0.15) is 0 Å². The van der Waals surface area contributed by atoms with Crippen molar-refractivity contribution in [2.24, 2.45) is 5.90 Å². The summed E-state index contributed by atoms with van der Waals surface area (Å²) in [7, 11) is 0. The lowest BCUT2D eigenvalue weighted by Crippen LogP contribution is -2.41. The number of nitrogens with zero attached hydrogens (tertiary/aromatic N) is 2. The van der Waals surface area contributed by atoms with Crippen LogP contribution < -0.4 is 16.0 Å². The first-order valence-electron chi connectivity index (χ1n) is 8.25. The van der Waals surface area contributed by atoms with Crippen molar-refractivity contribution in [3.05, 3.63) is 30.5 Å². The number of nitrogens with two attached hydrogens (primary N) is 1. The summed E-state index contributed by atoms with van der Waals surface area (Å²) in [4.78, 5) is 21.4. The number of piperidine rings is 1. The van der Waals surface area contributed by atoms with E-state index in [-0.39, 0.29) is 6.04 Å². The fourth-order valence-electron chi connectivity index (χ4n) is 2.98. The minimum Gasteiger partial charge on any atom is -0.491 e. The lowest BCUT2D eigenvalue weighted by molar-refractivity contribution is 0.102. The van der Waals surface area contributed by atoms with Crippen molar-refractivity contribution >= 4 is 22.7 Å². The lowest BCUT2D eigenvalue weighted by Gasteiger charge is -2.30. The molecule has 134 valence electrons. The van der Waals surface area contributed by atoms with Crippen molar-refractivity contribution in [1.82, 2.24) is 9.88 Å². The third-order valence-electron chi connectivity index (χ3n) is 4.31. The summed E-state index contributed by atoms with van der Waals surface area (Å²) in [6, 6.07) is 7.95. The maximum Gasteiger partial charge on any atom is 0.407 e. The molecule has 1 aliphatic heterocycles. The van der Waals surface area contributed by atoms with E-state index < -0.39 is 6.09 Å². The minimum atomic E-state index is -0.852. The summed E-state index contributed by atoms with van der Waals surface area (Å²) in [5.41, 5.74) is 0. The molecule has 2 heterocycles. The molecule has 1 aromatic heterocycles. The molecule has 1 amide bonds. The number of carbonyl (C=O) groups is 1. The normalized spacial score (nSPS) is 15.3. The number of benzene rings is 1. The molecule has 1 aromatic carbocycles. The molecule has 0 unspecified atom stereocenters. The van der Waals surface area contributed by atoms with Gasteiger partial charge in [-0.05, 0) is 42.5 Å². The molecule has 1 aliphatic rings. The number of fused-ring (bicyclic) bond motifs is 1. The fourth-order valence-corrected chi connectivity index (χ4v) is 2.98. The molecule has 3 rings (SSSR count). The monoisotopic (exact) mass is 346 g/mol. The Morgan fingerprint density at radius 2 is 2.12 bits per heavy atom. The zero-order valence-corrected chi connectivity index (χ0v) is 13.9. The largest absolute Gasteiger partial charge is 0.491 e. The number of anilines is 1. The van der Waals surface area contributed by atoms with Gasteiger partial charge in [-0.3, -0.25) is 0 Å². The number of amides is 1. The summed E-state index contributed by atoms with van der Waals surface area (Å²) < 4.78 is 5.57. The summed E-state index contributed by atoms with van der Waals surface area (Å²) >= 11 is 0. The molecule has 25 heavy (non-hydrogen) atoms. The van der Waals surface area contributed by atoms with Gasteiger partial charge in [-0.1, -0.05) is 0 Å². The topological polar surface area (TPSA) is 110 Å². The molecule has 0 aliphatic carbocycles. The first kappa shape index (κ1) is 17.2. The van der Waals surface area contributed by atoms with Gasteiger partial charge in [0.2, 0.25) is 0 Å². The van der Waals surface area contributed by atoms with Crippen molar-refractivity contribution in [3.8, 4) is 5.75 Å². The van der Waals surface area contributed by atoms with E-state index in [1.54, 1.807) is 6.20 Å². The average molecular weight is 346 g/mol. The highest BCUT2D eigenvalue weighted by molar-refractivity contribution is 5.92. The van der Waals surface area contributed by atoms with Gasteiger partial charge in [0.05, 0.1) is 0 Å². The molecule has 0 saturated carbocycles. The van der Waals surface area contributed by atoms with Crippen molar-refractivity contribution in [1.29, 1.82) is 0 Å². The van der Waals surface area contributed by atoms with Crippen LogP contribution in [0.5, 0.6) is 5.75 Å². The van der Waals surface area contributed by atoms with Crippen LogP contribution in [-0.4, -0.2) is 53.4 Å². The van der Waals surface area contributed by atoms with Gasteiger partial charge in [-0.25, -0.2) is 15.7 Å². The van der Waals surface area contributed by atoms with Crippen LogP contribution in [0.1, 0.15) is 12.8 Å². The van der Waals surface area contributed by atoms with Gasteiger partial charge in [-0.15, -0.1) is 0 Å². The van der Waals surface area contributed by atoms with E-state index >= 15 is 0 Å². The Bertz CT molecular complexity index is 732. The van der Waals surface area contributed by atoms with Crippen LogP contribution in [0.4, 0.5) is 10.6 Å². The minimum absolute atomic E-state index is 0.214. The molecule has 2 aromatic rings. The number of carboxylic acid groups (broad SMARTS) is 1. The molecule has 8 nitrogen and oxygen atoms in total. The van der Waals surface area contributed by atoms with Crippen LogP contribution in [0.15, 0.2) is 30.5 Å². The lowest BCUT2D eigenvalue weighted by atomic mass is 10.0. The molecule has 1 saturated heterocycles. The standard InChI is InChI=1S/C17H22N4O4/c18-25-10-9-24-14-1-2-15-12(11-14)3-6-19-16(15)20-13-4-7-21(8-5-13)17(22)23/h1-3,6,11,13H,4-5,7-10,18H2,(H,19,20)(H,22,23). The zero-order valence-electron chi connectivity index (χ0n) is 13.9. The Morgan fingerprint density at radius 3 is 2.84 bits per heavy atom. The van der Waals surface area contributed by atoms with Gasteiger partial charge in [0.15, 0.2) is 0 Å². The smallest absolute Gasteiger partial charge is 0.407 e. The van der Waals surface area contributed by atoms with E-state index in [1.807, 2.05) is 24.3 Å². The van der Waals surface area contributed by atoms with Crippen LogP contribution in [-0.2, 0) is 4.84 Å². The van der Waals surface area contributed by atoms with Crippen LogP contribution in [0.2, 0.25) is 0 Å². The summed E-state index contributed by atoms with van der Waals surface area (Å²) in [5.74, 6) is 6.54. The SMILES string of the molecule is NOCCOc1ccc2c(NC3CCN(C(=O)O)CC3)nccc2c1. The van der Waals surface area contributed by atoms with Crippen molar-refractivity contribution in [2.75, 3.05) is 31.6 Å². The molecule has 8 heteroatoms. The predicted octanol–water partition coefficient (Wildman–Crippen LogP) is 2.06. The second kappa shape index (κ2) is 8.00. The third-order valence-corrected chi connectivity index (χ3v) is 4.31. The Labute approximate surface area is 145 Å². The number of rotatable bonds is 6. The fraction of sp³-hybridized carbons (Fsp3) is 0.412. The number of likely N-dealkylation sites (tertiary alicyclic amines) is 1. The second-order valence-electron chi connectivity index (χ2n) is 5.95. The van der Waals surface area contributed by atoms with E-state index in [2.05, 4.69) is 15.1 Å². The maximum absolute atomic E-state index is 11.0. The third kappa shape index (κ3) is 4.28. The van der Waals surface area contributed by atoms with Gasteiger partial charge < -0.3 is 24.9 Å². The molecule has 0 bridgehead atoms. The van der Waals surface area contributed by atoms with Crippen molar-refractivity contribution in [3.63, 3.8) is 0 Å². The maximum atomic E-state index is 11.0. The van der Waals surface area contributed by atoms with Crippen molar-refractivity contribution < 1.29 is 19.5 Å². The number of hydrogen-bond acceptors (Lipinski definition) is 6. The molecular formula is C17H22N4O4. The Morgan fingerprint density at radius 1 is 1.32 bits per heavy atom. The van der Waals surface area contributed by atoms with E-state index in [0.717, 1.165) is 35.2 Å². The summed E-state index contributed by atoms with van der Waals surface area (Å²) in [6.45, 7) is 1.80. The number of hydrogen-bond donors (Lipinski definition) is 3. The number of nitrogens with one attached hydrogen (secondary N) is 1. The number of aromatic nitrogens is 1. The van der Waals surface area contributed by atoms with E-state index in [9.17, 15) is 4.79 Å². The zero-order chi connectivity index (χ0) is 17.6. The van der Waals surface area contributed by atoms with Gasteiger partial charge in [0.1, 0.15) is 24.8 Å². The molecule has 0 atom stereocenters. The highest BCUT2D eigenvalue weighted by Crippen LogP contribution is 2.27. The van der Waals surface area contributed by atoms with E-state index in [0.29, 0.717) is 26.3 Å². The molecule has 4 N–H and O–H groups in total. The highest BCUT2D eigenvalue weighted by atomic mass is 16.6. The second-order valence-corrected chi connectivity index (χ2v) is 5.95. The first-order valence-corrected chi connectivity index (χ1v) is 8.25. The summed E-state index contributed by atoms with van der Waals surface area (Å²) in [6.07, 6.45) is 2.44. The molecule has 1 fully saturated rings. The Kier molecular flexibility index (Phi) is 5.52. The van der Waals surface area contributed by atoms with Crippen LogP contribution >= 0.6 is 0 Å². The Hall–Kier alpha value is -2.58. The Balaban J connectivity index is 1.68. The van der Waals surface area contributed by atoms with E-state index in [1.165, 1.54) is 4.90 Å². The number of pyridine rings is 1. The number of ether oxygens (including phenoxy) is 1. The molecule has 0 spiro atoms. The van der Waals surface area contributed by atoms with Crippen molar-refractivity contribution in [2.45, 2.75) is 18.9 Å². The van der Waals surface area contributed by atoms with Gasteiger partial charge >= 0.3 is 6.09 Å². The summed E-state index contributed by atoms with van der Waals surface area (Å²) in [5, 5.41) is 14.5. The van der Waals surface area contributed by atoms with Gasteiger partial charge in [0.25, 0.3) is 0 Å². The van der Waals surface area contributed by atoms with Gasteiger partial charge in [0, 0.05) is 30.7 Å². The first-order chi connectivity index (χ1) is 12.2. The predicted molar refractivity (Wildman–Crippen MR) is 93.6 cm³/mol. The van der Waals surface area contributed by atoms with Crippen LogP contribution in [0.3, 0.4) is 0 Å². The molecule has 0 radical (unpaired) electrons. The average Bonchev–Trinajstić information content (AvgIpc) is 2.62. The highest BCUT2D eigenvalue weighted by Gasteiger charge is 2.22. The quantitative estimate of drug-likeness (QED) is 0.542. The van der Waals surface area contributed by atoms with Crippen LogP contribution in [0, 0.1) is 0 Å².